The summed E-state index contributed by atoms with van der Waals surface area (Å²) in [5.74, 6) is -3.11. The summed E-state index contributed by atoms with van der Waals surface area (Å²) >= 11 is 1.77. The quantitative estimate of drug-likeness (QED) is 0.0214. The second-order valence-electron chi connectivity index (χ2n) is 29.0. The molecular weight excluding hydrogens is 1600 g/mol. The highest BCUT2D eigenvalue weighted by atomic mass is 32.2. The molecule has 1 aromatic rings. The first-order chi connectivity index (χ1) is 55.9. The number of ether oxygens (including phenoxy) is 14. The number of benzene rings is 1. The average molecular weight is 1710 g/mol. The van der Waals surface area contributed by atoms with E-state index in [4.69, 9.17) is 66.3 Å². The van der Waals surface area contributed by atoms with E-state index in [-0.39, 0.29) is 105 Å². The molecule has 8 aliphatic heterocycles. The first-order valence-electron chi connectivity index (χ1n) is 38.2. The summed E-state index contributed by atoms with van der Waals surface area (Å²) in [4.78, 5) is 89.8. The number of nitrogens with one attached hydrogen (secondary N) is 8. The third-order valence-electron chi connectivity index (χ3n) is 20.5. The summed E-state index contributed by atoms with van der Waals surface area (Å²) < 4.78 is 80.2. The molecule has 8 amide bonds. The van der Waals surface area contributed by atoms with Crippen molar-refractivity contribution in [2.75, 3.05) is 98.0 Å². The van der Waals surface area contributed by atoms with Crippen LogP contribution in [-0.4, -0.2) is 433 Å². The van der Waals surface area contributed by atoms with Crippen LogP contribution in [0.5, 0.6) is 11.5 Å². The van der Waals surface area contributed by atoms with Crippen molar-refractivity contribution in [3.63, 3.8) is 0 Å². The van der Waals surface area contributed by atoms with Gasteiger partial charge in [-0.2, -0.15) is 11.8 Å². The molecule has 1 aromatic carbocycles. The van der Waals surface area contributed by atoms with E-state index in [0.717, 1.165) is 32.4 Å². The minimum Gasteiger partial charge on any atom is -0.484 e. The fourth-order valence-corrected chi connectivity index (χ4v) is 15.8. The Morgan fingerprint density at radius 1 is 0.427 bits per heavy atom. The van der Waals surface area contributed by atoms with Crippen molar-refractivity contribution in [3.8, 4) is 11.5 Å². The minimum atomic E-state index is -2.06. The second kappa shape index (κ2) is 45.3. The number of aliphatic hydroxyl groups is 18. The molecule has 48 heteroatoms. The van der Waals surface area contributed by atoms with Crippen LogP contribution >= 0.6 is 11.8 Å². The van der Waals surface area contributed by atoms with Crippen LogP contribution < -0.4 is 52.0 Å². The first-order valence-corrected chi connectivity index (χ1v) is 39.3. The fraction of sp³-hybridized carbons (Fsp3) is 0.812. The Morgan fingerprint density at radius 2 is 0.821 bits per heavy atom. The maximum atomic E-state index is 13.7. The van der Waals surface area contributed by atoms with Gasteiger partial charge in [0.25, 0.3) is 17.7 Å². The normalized spacial score (nSPS) is 38.1. The Bertz CT molecular complexity index is 3170. The lowest BCUT2D eigenvalue weighted by atomic mass is 9.95. The molecule has 47 nitrogen and oxygen atoms in total. The smallest absolute Gasteiger partial charge is 0.315 e. The monoisotopic (exact) mass is 1710 g/mol. The van der Waals surface area contributed by atoms with E-state index in [9.17, 15) is 125 Å². The molecule has 0 bridgehead atoms. The molecule has 0 aromatic heterocycles. The zero-order valence-electron chi connectivity index (χ0n) is 63.7. The van der Waals surface area contributed by atoms with Gasteiger partial charge >= 0.3 is 6.03 Å². The molecule has 0 radical (unpaired) electrons. The van der Waals surface area contributed by atoms with Gasteiger partial charge in [0, 0.05) is 69.1 Å². The molecular formula is C69H110N8O39S. The molecule has 26 N–H and O–H groups in total. The third kappa shape index (κ3) is 24.9. The molecule has 8 saturated heterocycles. The number of urea groups is 1. The molecule has 0 saturated carbocycles. The average Bonchev–Trinajstić information content (AvgIpc) is 1.68. The number of amides is 8. The zero-order chi connectivity index (χ0) is 85.1. The number of hydrogen-bond donors (Lipinski definition) is 26. The van der Waals surface area contributed by atoms with E-state index < -0.39 is 267 Å². The summed E-state index contributed by atoms with van der Waals surface area (Å²) in [5, 5.41) is 213. The van der Waals surface area contributed by atoms with E-state index in [1.54, 1.807) is 11.8 Å². The van der Waals surface area contributed by atoms with Crippen molar-refractivity contribution < 1.29 is 192 Å². The zero-order valence-corrected chi connectivity index (χ0v) is 64.5. The first kappa shape index (κ1) is 94.9. The summed E-state index contributed by atoms with van der Waals surface area (Å²) in [5.41, 5.74) is -0.0700. The maximum absolute atomic E-state index is 13.7. The van der Waals surface area contributed by atoms with Gasteiger partial charge in [0.05, 0.1) is 64.9 Å². The molecule has 117 heavy (non-hydrogen) atoms. The summed E-state index contributed by atoms with van der Waals surface area (Å²) in [6.45, 7) is -5.07. The van der Waals surface area contributed by atoms with Gasteiger partial charge in [0.1, 0.15) is 158 Å². The number of carbonyl (C=O) groups excluding carboxylic acids is 7. The third-order valence-corrected chi connectivity index (χ3v) is 22.0. The van der Waals surface area contributed by atoms with Crippen LogP contribution in [0, 0.1) is 0 Å². The van der Waals surface area contributed by atoms with Gasteiger partial charge in [0.2, 0.25) is 17.7 Å². The molecule has 8 aliphatic rings. The van der Waals surface area contributed by atoms with Crippen LogP contribution in [0.2, 0.25) is 0 Å². The minimum absolute atomic E-state index is 0.0341. The molecule has 8 fully saturated rings. The van der Waals surface area contributed by atoms with Gasteiger partial charge in [-0.3, -0.25) is 28.8 Å². The summed E-state index contributed by atoms with van der Waals surface area (Å²) in [6, 6.07) is 0.823. The van der Waals surface area contributed by atoms with E-state index in [0.29, 0.717) is 6.42 Å². The number of rotatable bonds is 41. The lowest BCUT2D eigenvalue weighted by Crippen LogP contribution is -2.68. The highest BCUT2D eigenvalue weighted by Gasteiger charge is 2.57. The van der Waals surface area contributed by atoms with Crippen molar-refractivity contribution in [2.24, 2.45) is 0 Å². The maximum Gasteiger partial charge on any atom is 0.315 e. The van der Waals surface area contributed by atoms with Gasteiger partial charge in [-0.15, -0.1) is 0 Å². The number of carbonyl (C=O) groups is 7. The molecule has 0 spiro atoms. The topological polar surface area (TPSA) is 709 Å². The van der Waals surface area contributed by atoms with Crippen molar-refractivity contribution in [1.82, 2.24) is 42.5 Å². The van der Waals surface area contributed by atoms with Crippen LogP contribution in [0.3, 0.4) is 0 Å². The van der Waals surface area contributed by atoms with Crippen molar-refractivity contribution >= 4 is 53.2 Å². The van der Waals surface area contributed by atoms with Crippen molar-refractivity contribution in [2.45, 2.75) is 254 Å². The molecule has 33 atom stereocenters. The van der Waals surface area contributed by atoms with Crippen molar-refractivity contribution in [1.29, 1.82) is 0 Å². The number of unbranched alkanes of at least 4 members (excludes halogenated alkanes) is 1. The SMILES string of the molecule is CC(=O)NC1C(O)[C@H](O[C@@H]2OC(CO)[C@H](O)C(O[C@H]3OC(CO)[C@H](O)C(O)C3O)C2O)C(CO)O[C@H]1OCCCNC(=O)COc1cc(OCC(=O)NCCCO[C@@H]2OC(CO)[C@@H](O[C@@H]3OC(CO)[C@H](O)C(O[C@H]4OC(CO)[C@H](O)C(O)C4O)C3O)C(O)C2NC(C)=O)cc(C(=O)NCCNC(=O)CCCC[C@@H]2SC[C@@H]3NC(=O)N[C@@H]32)c1. The summed E-state index contributed by atoms with van der Waals surface area (Å²) in [6.07, 6.45) is -47.3. The Balaban J connectivity index is 0.757. The molecule has 18 unspecified atom stereocenters. The van der Waals surface area contributed by atoms with Gasteiger partial charge in [-0.05, 0) is 37.8 Å². The Labute approximate surface area is 672 Å². The highest BCUT2D eigenvalue weighted by molar-refractivity contribution is 8.00. The number of hydrogen-bond acceptors (Lipinski definition) is 40. The Kier molecular flexibility index (Phi) is 36.7. The number of fused-ring (bicyclic) bond motifs is 1. The van der Waals surface area contributed by atoms with Gasteiger partial charge in [-0.1, -0.05) is 6.42 Å². The van der Waals surface area contributed by atoms with Crippen LogP contribution in [0.4, 0.5) is 4.79 Å². The predicted octanol–water partition coefficient (Wildman–Crippen LogP) is -13.8. The van der Waals surface area contributed by atoms with Crippen molar-refractivity contribution in [3.05, 3.63) is 23.8 Å². The highest BCUT2D eigenvalue weighted by Crippen LogP contribution is 2.38. The lowest BCUT2D eigenvalue weighted by Gasteiger charge is -2.48. The van der Waals surface area contributed by atoms with Gasteiger partial charge in [-0.25, -0.2) is 4.79 Å². The summed E-state index contributed by atoms with van der Waals surface area (Å²) in [7, 11) is 0. The number of thioether (sulfide) groups is 1. The van der Waals surface area contributed by atoms with E-state index >= 15 is 0 Å². The van der Waals surface area contributed by atoms with Gasteiger partial charge in [0.15, 0.2) is 51.0 Å². The van der Waals surface area contributed by atoms with E-state index in [1.165, 1.54) is 18.2 Å². The molecule has 8 heterocycles. The van der Waals surface area contributed by atoms with Crippen LogP contribution in [-0.2, 0) is 80.8 Å². The van der Waals surface area contributed by atoms with Crippen LogP contribution in [0.1, 0.15) is 62.7 Å². The van der Waals surface area contributed by atoms with E-state index in [1.807, 2.05) is 0 Å². The molecule has 9 rings (SSSR count). The van der Waals surface area contributed by atoms with E-state index in [2.05, 4.69) is 42.5 Å². The second-order valence-corrected chi connectivity index (χ2v) is 30.3. The standard InChI is InChI=1S/C69H110N8O39S/c1-27(84)74-44-50(93)58(113-67-56(99)60(48(91)35(20-80)109-67)115-65-54(97)52(95)46(89)33(18-78)107-65)37(22-82)111-63(44)103-13-5-9-70-41(87)24-105-30-15-29(62(101)73-12-11-72-40(86)8-4-3-7-39-43-32(26-117-39)76-69(102)77-43)16-31(17-30)106-25-42(88)71-10-6-14-104-64-45(75-28(2)85)51(94)59(38(23-83)112-64)114-68-57(100)61(49(92)36(21-81)110-68)116-66-55(98)53(96)47(90)34(19-79)108-66/h15-17,32-39,43-61,63-68,78-83,89-100H,3-14,18-26H2,1-2H3,(H,70,87)(H,71,88)(H,72,86)(H,73,101)(H,74,84)(H,75,85)(H2,76,77,102)/t32-,33?,34?,35?,36?,37?,38?,39-,43-,44?,45?,46-,47-,48-,49-,50?,51?,52?,53?,54?,55?,56?,57?,58+,59+,60?,61?,63+,64+,65+,66+,67-,68-/m0/s1. The van der Waals surface area contributed by atoms with Crippen LogP contribution in [0.25, 0.3) is 0 Å². The fourth-order valence-electron chi connectivity index (χ4n) is 14.3. The molecule has 666 valence electrons. The van der Waals surface area contributed by atoms with Gasteiger partial charge < -0.3 is 201 Å². The lowest BCUT2D eigenvalue weighted by molar-refractivity contribution is -0.376. The Morgan fingerprint density at radius 3 is 1.25 bits per heavy atom. The predicted molar refractivity (Wildman–Crippen MR) is 385 cm³/mol. The Hall–Kier alpha value is -5.94. The number of aliphatic hydroxyl groups excluding tert-OH is 18. The largest absolute Gasteiger partial charge is 0.484 e. The molecule has 0 aliphatic carbocycles. The van der Waals surface area contributed by atoms with Crippen LogP contribution in [0.15, 0.2) is 18.2 Å².